The van der Waals surface area contributed by atoms with Crippen molar-refractivity contribution in [1.82, 2.24) is 4.90 Å². The van der Waals surface area contributed by atoms with Gasteiger partial charge in [-0.1, -0.05) is 12.1 Å². The first-order valence-electron chi connectivity index (χ1n) is 6.19. The monoisotopic (exact) mass is 285 g/mol. The van der Waals surface area contributed by atoms with Crippen LogP contribution in [0.2, 0.25) is 0 Å². The quantitative estimate of drug-likeness (QED) is 0.833. The van der Waals surface area contributed by atoms with E-state index in [1.54, 1.807) is 17.0 Å². The van der Waals surface area contributed by atoms with E-state index in [2.05, 4.69) is 0 Å². The van der Waals surface area contributed by atoms with E-state index in [4.69, 9.17) is 0 Å². The first-order valence-corrected chi connectivity index (χ1v) is 8.01. The highest BCUT2D eigenvalue weighted by Gasteiger charge is 2.24. The molecule has 1 amide bonds. The van der Waals surface area contributed by atoms with Gasteiger partial charge in [-0.15, -0.1) is 0 Å². The SMILES string of the molecule is O=C(CCc1cccc(F)c1)N1CCS(=O)(=O)CC1. The van der Waals surface area contributed by atoms with E-state index in [1.165, 1.54) is 12.1 Å². The summed E-state index contributed by atoms with van der Waals surface area (Å²) in [5.41, 5.74) is 0.776. The molecule has 0 N–H and O–H groups in total. The molecule has 4 nitrogen and oxygen atoms in total. The van der Waals surface area contributed by atoms with E-state index < -0.39 is 9.84 Å². The molecule has 1 fully saturated rings. The predicted molar refractivity (Wildman–Crippen MR) is 70.0 cm³/mol. The van der Waals surface area contributed by atoms with Crippen LogP contribution in [0.3, 0.4) is 0 Å². The fraction of sp³-hybridized carbons (Fsp3) is 0.462. The minimum absolute atomic E-state index is 0.0404. The Morgan fingerprint density at radius 1 is 1.26 bits per heavy atom. The number of benzene rings is 1. The van der Waals surface area contributed by atoms with Gasteiger partial charge < -0.3 is 4.90 Å². The summed E-state index contributed by atoms with van der Waals surface area (Å²) in [6.07, 6.45) is 0.753. The third kappa shape index (κ3) is 4.02. The lowest BCUT2D eigenvalue weighted by Gasteiger charge is -2.26. The number of amides is 1. The molecule has 0 bridgehead atoms. The Bertz CT molecular complexity index is 557. The van der Waals surface area contributed by atoms with Crippen LogP contribution < -0.4 is 0 Å². The third-order valence-electron chi connectivity index (χ3n) is 3.21. The smallest absolute Gasteiger partial charge is 0.222 e. The lowest BCUT2D eigenvalue weighted by atomic mass is 10.1. The van der Waals surface area contributed by atoms with Crippen molar-refractivity contribution in [3.8, 4) is 0 Å². The minimum Gasteiger partial charge on any atom is -0.341 e. The van der Waals surface area contributed by atoms with E-state index in [0.717, 1.165) is 5.56 Å². The van der Waals surface area contributed by atoms with Crippen LogP contribution in [0.15, 0.2) is 24.3 Å². The molecule has 0 unspecified atom stereocenters. The van der Waals surface area contributed by atoms with Gasteiger partial charge in [-0.05, 0) is 24.1 Å². The zero-order chi connectivity index (χ0) is 13.9. The molecule has 1 saturated heterocycles. The Morgan fingerprint density at radius 2 is 1.95 bits per heavy atom. The van der Waals surface area contributed by atoms with Crippen LogP contribution in [0.4, 0.5) is 4.39 Å². The van der Waals surface area contributed by atoms with Crippen LogP contribution in [0, 0.1) is 5.82 Å². The van der Waals surface area contributed by atoms with Gasteiger partial charge in [0.25, 0.3) is 0 Å². The van der Waals surface area contributed by atoms with Crippen LogP contribution in [0.25, 0.3) is 0 Å². The molecule has 0 aromatic heterocycles. The van der Waals surface area contributed by atoms with Gasteiger partial charge in [-0.25, -0.2) is 12.8 Å². The number of carbonyl (C=O) groups excluding carboxylic acids is 1. The van der Waals surface area contributed by atoms with E-state index in [0.29, 0.717) is 6.42 Å². The van der Waals surface area contributed by atoms with E-state index in [9.17, 15) is 17.6 Å². The molecule has 2 rings (SSSR count). The van der Waals surface area contributed by atoms with Gasteiger partial charge in [0.2, 0.25) is 5.91 Å². The lowest BCUT2D eigenvalue weighted by molar-refractivity contribution is -0.130. The average Bonchev–Trinajstić information content (AvgIpc) is 2.36. The summed E-state index contributed by atoms with van der Waals surface area (Å²) >= 11 is 0. The molecule has 1 aromatic carbocycles. The highest BCUT2D eigenvalue weighted by molar-refractivity contribution is 7.91. The molecule has 6 heteroatoms. The second-order valence-corrected chi connectivity index (χ2v) is 6.97. The maximum absolute atomic E-state index is 13.0. The summed E-state index contributed by atoms with van der Waals surface area (Å²) in [5.74, 6) is -0.301. The van der Waals surface area contributed by atoms with Crippen LogP contribution in [0.1, 0.15) is 12.0 Å². The van der Waals surface area contributed by atoms with Gasteiger partial charge in [0.15, 0.2) is 9.84 Å². The van der Waals surface area contributed by atoms with Crippen LogP contribution in [-0.4, -0.2) is 43.8 Å². The molecule has 0 spiro atoms. The van der Waals surface area contributed by atoms with Crippen molar-refractivity contribution >= 4 is 15.7 Å². The third-order valence-corrected chi connectivity index (χ3v) is 4.82. The molecule has 1 aromatic rings. The maximum atomic E-state index is 13.0. The van der Waals surface area contributed by atoms with E-state index in [-0.39, 0.29) is 42.7 Å². The zero-order valence-corrected chi connectivity index (χ0v) is 11.3. The molecule has 0 saturated carbocycles. The predicted octanol–water partition coefficient (Wildman–Crippen LogP) is 1.02. The largest absolute Gasteiger partial charge is 0.341 e. The maximum Gasteiger partial charge on any atom is 0.222 e. The number of sulfone groups is 1. The second kappa shape index (κ2) is 5.69. The Hall–Kier alpha value is -1.43. The molecule has 1 aliphatic rings. The number of rotatable bonds is 3. The molecule has 1 aliphatic heterocycles. The lowest BCUT2D eigenvalue weighted by Crippen LogP contribution is -2.43. The Kier molecular flexibility index (Phi) is 4.19. The first-order chi connectivity index (χ1) is 8.96. The number of carbonyl (C=O) groups is 1. The van der Waals surface area contributed by atoms with Gasteiger partial charge in [-0.3, -0.25) is 4.79 Å². The van der Waals surface area contributed by atoms with Crippen molar-refractivity contribution in [2.45, 2.75) is 12.8 Å². The summed E-state index contributed by atoms with van der Waals surface area (Å²) in [4.78, 5) is 13.5. The van der Waals surface area contributed by atoms with Gasteiger partial charge >= 0.3 is 0 Å². The summed E-state index contributed by atoms with van der Waals surface area (Å²) in [7, 11) is -2.97. The number of nitrogens with zero attached hydrogens (tertiary/aromatic N) is 1. The summed E-state index contributed by atoms with van der Waals surface area (Å²) < 4.78 is 35.5. The first kappa shape index (κ1) is 14.0. The van der Waals surface area contributed by atoms with Gasteiger partial charge in [0, 0.05) is 19.5 Å². The molecule has 0 aliphatic carbocycles. The van der Waals surface area contributed by atoms with E-state index >= 15 is 0 Å². The van der Waals surface area contributed by atoms with Crippen molar-refractivity contribution in [2.24, 2.45) is 0 Å². The molecule has 104 valence electrons. The minimum atomic E-state index is -2.97. The summed E-state index contributed by atoms with van der Waals surface area (Å²) in [6, 6.07) is 6.16. The number of hydrogen-bond donors (Lipinski definition) is 0. The van der Waals surface area contributed by atoms with Gasteiger partial charge in [-0.2, -0.15) is 0 Å². The highest BCUT2D eigenvalue weighted by atomic mass is 32.2. The standard InChI is InChI=1S/C13H16FNO3S/c14-12-3-1-2-11(10-12)4-5-13(16)15-6-8-19(17,18)9-7-15/h1-3,10H,4-9H2. The highest BCUT2D eigenvalue weighted by Crippen LogP contribution is 2.10. The average molecular weight is 285 g/mol. The summed E-state index contributed by atoms with van der Waals surface area (Å²) in [6.45, 7) is 0.536. The number of hydrogen-bond acceptors (Lipinski definition) is 3. The molecule has 19 heavy (non-hydrogen) atoms. The van der Waals surface area contributed by atoms with Gasteiger partial charge in [0.1, 0.15) is 5.82 Å². The van der Waals surface area contributed by atoms with Crippen molar-refractivity contribution in [3.05, 3.63) is 35.6 Å². The Labute approximate surface area is 112 Å². The van der Waals surface area contributed by atoms with Crippen LogP contribution >= 0.6 is 0 Å². The second-order valence-electron chi connectivity index (χ2n) is 4.66. The van der Waals surface area contributed by atoms with Gasteiger partial charge in [0.05, 0.1) is 11.5 Å². The number of halogens is 1. The molecule has 1 heterocycles. The zero-order valence-electron chi connectivity index (χ0n) is 10.5. The number of aryl methyl sites for hydroxylation is 1. The van der Waals surface area contributed by atoms with Crippen LogP contribution in [0.5, 0.6) is 0 Å². The van der Waals surface area contributed by atoms with Crippen LogP contribution in [-0.2, 0) is 21.1 Å². The fourth-order valence-corrected chi connectivity index (χ4v) is 3.26. The van der Waals surface area contributed by atoms with E-state index in [1.807, 2.05) is 0 Å². The Morgan fingerprint density at radius 3 is 2.58 bits per heavy atom. The molecule has 0 radical (unpaired) electrons. The molecule has 0 atom stereocenters. The van der Waals surface area contributed by atoms with Crippen molar-refractivity contribution in [3.63, 3.8) is 0 Å². The van der Waals surface area contributed by atoms with Crippen molar-refractivity contribution in [1.29, 1.82) is 0 Å². The molecular weight excluding hydrogens is 269 g/mol. The fourth-order valence-electron chi connectivity index (χ4n) is 2.06. The Balaban J connectivity index is 1.85. The topological polar surface area (TPSA) is 54.5 Å². The molecular formula is C13H16FNO3S. The summed E-state index contributed by atoms with van der Waals surface area (Å²) in [5, 5.41) is 0. The van der Waals surface area contributed by atoms with Crippen molar-refractivity contribution in [2.75, 3.05) is 24.6 Å². The normalized spacial score (nSPS) is 18.3. The van der Waals surface area contributed by atoms with Crippen molar-refractivity contribution < 1.29 is 17.6 Å².